The Morgan fingerprint density at radius 3 is 2.71 bits per heavy atom. The second-order valence-corrected chi connectivity index (χ2v) is 9.18. The molecule has 3 aromatic carbocycles. The molecule has 0 unspecified atom stereocenters. The van der Waals surface area contributed by atoms with E-state index < -0.39 is 12.1 Å². The molecule has 0 saturated heterocycles. The fourth-order valence-electron chi connectivity index (χ4n) is 3.87. The van der Waals surface area contributed by atoms with Crippen molar-refractivity contribution < 1.29 is 23.8 Å². The maximum atomic E-state index is 13.5. The van der Waals surface area contributed by atoms with Crippen molar-refractivity contribution in [3.63, 3.8) is 0 Å². The predicted octanol–water partition coefficient (Wildman–Crippen LogP) is 5.71. The van der Waals surface area contributed by atoms with E-state index in [0.29, 0.717) is 44.6 Å². The van der Waals surface area contributed by atoms with Crippen molar-refractivity contribution in [2.45, 2.75) is 20.0 Å². The molecule has 0 radical (unpaired) electrons. The lowest BCUT2D eigenvalue weighted by molar-refractivity contribution is -0.144. The molecule has 192 valence electrons. The van der Waals surface area contributed by atoms with Crippen molar-refractivity contribution >= 4 is 50.0 Å². The number of para-hydroxylation sites is 2. The van der Waals surface area contributed by atoms with Crippen molar-refractivity contribution in [1.82, 2.24) is 9.66 Å². The number of benzene rings is 3. The number of halogens is 1. The van der Waals surface area contributed by atoms with E-state index in [1.807, 2.05) is 36.4 Å². The van der Waals surface area contributed by atoms with Crippen molar-refractivity contribution in [2.75, 3.05) is 6.61 Å². The number of carbonyl (C=O) groups is 1. The first-order valence-corrected chi connectivity index (χ1v) is 12.6. The Hall–Kier alpha value is -4.44. The Balaban J connectivity index is 1.63. The molecule has 0 saturated carbocycles. The van der Waals surface area contributed by atoms with Gasteiger partial charge >= 0.3 is 5.97 Å². The SMILES string of the molecule is CCOc1cc(C=Nn2c(-c3cc4ccccc4o3)nc3ccccc3c2=O)cc(Br)c1O[C@@H](C)C(=O)O. The van der Waals surface area contributed by atoms with Crippen LogP contribution in [0.4, 0.5) is 0 Å². The summed E-state index contributed by atoms with van der Waals surface area (Å²) < 4.78 is 19.0. The minimum absolute atomic E-state index is 0.250. The highest BCUT2D eigenvalue weighted by atomic mass is 79.9. The summed E-state index contributed by atoms with van der Waals surface area (Å²) in [5.41, 5.74) is 1.40. The third kappa shape index (κ3) is 4.90. The molecule has 0 aliphatic rings. The van der Waals surface area contributed by atoms with Crippen LogP contribution in [-0.4, -0.2) is 39.7 Å². The van der Waals surface area contributed by atoms with E-state index in [0.717, 1.165) is 5.39 Å². The largest absolute Gasteiger partial charge is 0.490 e. The lowest BCUT2D eigenvalue weighted by Gasteiger charge is -2.17. The smallest absolute Gasteiger partial charge is 0.344 e. The van der Waals surface area contributed by atoms with Gasteiger partial charge in [-0.05, 0) is 71.7 Å². The number of hydrogen-bond donors (Lipinski definition) is 1. The number of aliphatic carboxylic acids is 1. The second-order valence-electron chi connectivity index (χ2n) is 8.32. The maximum absolute atomic E-state index is 13.5. The summed E-state index contributed by atoms with van der Waals surface area (Å²) in [6, 6.07) is 19.7. The van der Waals surface area contributed by atoms with Gasteiger partial charge in [0.05, 0.1) is 28.2 Å². The molecule has 9 nitrogen and oxygen atoms in total. The standard InChI is InChI=1S/C28H22BrN3O6/c1-3-36-23-13-17(12-20(29)25(23)37-16(2)28(34)35)15-30-32-26(24-14-18-8-4-7-11-22(18)38-24)31-21-10-6-5-9-19(21)27(32)33/h4-16H,3H2,1-2H3,(H,34,35)/t16-/m0/s1. The second kappa shape index (κ2) is 10.5. The molecule has 0 aliphatic heterocycles. The summed E-state index contributed by atoms with van der Waals surface area (Å²) >= 11 is 3.43. The van der Waals surface area contributed by atoms with Crippen molar-refractivity contribution in [2.24, 2.45) is 5.10 Å². The number of rotatable bonds is 8. The summed E-state index contributed by atoms with van der Waals surface area (Å²) in [6.07, 6.45) is 0.403. The molecule has 1 N–H and O–H groups in total. The van der Waals surface area contributed by atoms with E-state index in [9.17, 15) is 14.7 Å². The summed E-state index contributed by atoms with van der Waals surface area (Å²) in [6.45, 7) is 3.56. The predicted molar refractivity (Wildman–Crippen MR) is 147 cm³/mol. The molecule has 5 rings (SSSR count). The van der Waals surface area contributed by atoms with Crippen molar-refractivity contribution in [3.05, 3.63) is 87.1 Å². The molecule has 2 heterocycles. The van der Waals surface area contributed by atoms with Crippen LogP contribution in [0.1, 0.15) is 19.4 Å². The quantitative estimate of drug-likeness (QED) is 0.236. The molecule has 5 aromatic rings. The first kappa shape index (κ1) is 25.2. The van der Waals surface area contributed by atoms with Crippen LogP contribution in [0.5, 0.6) is 11.5 Å². The average molecular weight is 576 g/mol. The van der Waals surface area contributed by atoms with Crippen LogP contribution in [0.25, 0.3) is 33.5 Å². The number of ether oxygens (including phenoxy) is 2. The van der Waals surface area contributed by atoms with Crippen molar-refractivity contribution in [1.29, 1.82) is 0 Å². The van der Waals surface area contributed by atoms with Gasteiger partial charge in [0, 0.05) is 5.39 Å². The summed E-state index contributed by atoms with van der Waals surface area (Å²) in [5, 5.41) is 15.0. The van der Waals surface area contributed by atoms with E-state index in [4.69, 9.17) is 13.9 Å². The summed E-state index contributed by atoms with van der Waals surface area (Å²) in [4.78, 5) is 29.5. The fraction of sp³-hybridized carbons (Fsp3) is 0.143. The molecule has 2 aromatic heterocycles. The van der Waals surface area contributed by atoms with Crippen molar-refractivity contribution in [3.8, 4) is 23.1 Å². The highest BCUT2D eigenvalue weighted by molar-refractivity contribution is 9.10. The van der Waals surface area contributed by atoms with E-state index >= 15 is 0 Å². The van der Waals surface area contributed by atoms with Gasteiger partial charge in [-0.2, -0.15) is 9.78 Å². The molecule has 0 spiro atoms. The molecule has 0 fully saturated rings. The number of carboxylic acid groups (broad SMARTS) is 1. The third-order valence-electron chi connectivity index (χ3n) is 5.70. The molecular formula is C28H22BrN3O6. The zero-order valence-corrected chi connectivity index (χ0v) is 22.0. The average Bonchev–Trinajstić information content (AvgIpc) is 3.34. The molecule has 1 atom stereocenters. The lowest BCUT2D eigenvalue weighted by Crippen LogP contribution is -2.23. The van der Waals surface area contributed by atoms with Gasteiger partial charge in [-0.3, -0.25) is 4.79 Å². The Morgan fingerprint density at radius 1 is 1.18 bits per heavy atom. The van der Waals surface area contributed by atoms with Gasteiger partial charge in [0.1, 0.15) is 5.58 Å². The van der Waals surface area contributed by atoms with Crippen LogP contribution in [0.15, 0.2) is 85.5 Å². The number of carboxylic acids is 1. The van der Waals surface area contributed by atoms with E-state index in [1.165, 1.54) is 17.8 Å². The monoisotopic (exact) mass is 575 g/mol. The Labute approximate surface area is 225 Å². The van der Waals surface area contributed by atoms with Crippen LogP contribution < -0.4 is 15.0 Å². The van der Waals surface area contributed by atoms with Crippen LogP contribution >= 0.6 is 15.9 Å². The van der Waals surface area contributed by atoms with Gasteiger partial charge in [0.2, 0.25) is 5.82 Å². The van der Waals surface area contributed by atoms with Gasteiger partial charge in [0.15, 0.2) is 23.4 Å². The van der Waals surface area contributed by atoms with Gasteiger partial charge in [0.25, 0.3) is 5.56 Å². The van der Waals surface area contributed by atoms with Crippen LogP contribution in [0.3, 0.4) is 0 Å². The first-order chi connectivity index (χ1) is 18.4. The van der Waals surface area contributed by atoms with Gasteiger partial charge < -0.3 is 19.0 Å². The minimum Gasteiger partial charge on any atom is -0.490 e. The zero-order valence-electron chi connectivity index (χ0n) is 20.4. The van der Waals surface area contributed by atoms with Crippen LogP contribution in [0, 0.1) is 0 Å². The Morgan fingerprint density at radius 2 is 1.95 bits per heavy atom. The lowest BCUT2D eigenvalue weighted by atomic mass is 10.2. The maximum Gasteiger partial charge on any atom is 0.344 e. The minimum atomic E-state index is -1.11. The molecule has 38 heavy (non-hydrogen) atoms. The Kier molecular flexibility index (Phi) is 6.97. The van der Waals surface area contributed by atoms with Crippen LogP contribution in [-0.2, 0) is 4.79 Å². The molecule has 10 heteroatoms. The Bertz CT molecular complexity index is 1720. The van der Waals surface area contributed by atoms with E-state index in [2.05, 4.69) is 26.0 Å². The highest BCUT2D eigenvalue weighted by Crippen LogP contribution is 2.37. The highest BCUT2D eigenvalue weighted by Gasteiger charge is 2.20. The third-order valence-corrected chi connectivity index (χ3v) is 6.29. The van der Waals surface area contributed by atoms with Gasteiger partial charge in [-0.25, -0.2) is 9.78 Å². The fourth-order valence-corrected chi connectivity index (χ4v) is 4.43. The number of nitrogens with zero attached hydrogens (tertiary/aromatic N) is 3. The van der Waals surface area contributed by atoms with Gasteiger partial charge in [-0.15, -0.1) is 0 Å². The first-order valence-electron chi connectivity index (χ1n) is 11.8. The number of fused-ring (bicyclic) bond motifs is 2. The summed E-state index contributed by atoms with van der Waals surface area (Å²) in [7, 11) is 0. The molecule has 0 bridgehead atoms. The summed E-state index contributed by atoms with van der Waals surface area (Å²) in [5.74, 6) is 0.130. The number of furan rings is 1. The molecular weight excluding hydrogens is 554 g/mol. The number of aromatic nitrogens is 2. The van der Waals surface area contributed by atoms with Gasteiger partial charge in [-0.1, -0.05) is 30.3 Å². The van der Waals surface area contributed by atoms with E-state index in [1.54, 1.807) is 37.3 Å². The number of hydrogen-bond acceptors (Lipinski definition) is 7. The topological polar surface area (TPSA) is 116 Å². The van der Waals surface area contributed by atoms with E-state index in [-0.39, 0.29) is 17.1 Å². The molecule has 0 amide bonds. The van der Waals surface area contributed by atoms with Crippen LogP contribution in [0.2, 0.25) is 0 Å². The normalized spacial score (nSPS) is 12.3. The zero-order chi connectivity index (χ0) is 26.8. The molecule has 0 aliphatic carbocycles.